The minimum absolute atomic E-state index is 0.139. The Hall–Kier alpha value is -1.95. The number of alkyl halides is 1. The van der Waals surface area contributed by atoms with E-state index in [1.807, 2.05) is 30.3 Å². The van der Waals surface area contributed by atoms with Crippen molar-refractivity contribution < 1.29 is 23.8 Å². The van der Waals surface area contributed by atoms with Gasteiger partial charge < -0.3 is 14.7 Å². The van der Waals surface area contributed by atoms with Crippen molar-refractivity contribution in [2.75, 3.05) is 19.7 Å². The molecule has 1 amide bonds. The number of amides is 1. The summed E-state index contributed by atoms with van der Waals surface area (Å²) in [7, 11) is 0. The monoisotopic (exact) mass is 321 g/mol. The van der Waals surface area contributed by atoms with Crippen LogP contribution in [0.3, 0.4) is 0 Å². The molecule has 2 saturated heterocycles. The van der Waals surface area contributed by atoms with Crippen molar-refractivity contribution in [3.63, 3.8) is 0 Å². The fourth-order valence-electron chi connectivity index (χ4n) is 3.38. The number of hydrogen-bond acceptors (Lipinski definition) is 3. The lowest BCUT2D eigenvalue weighted by atomic mass is 9.88. The van der Waals surface area contributed by atoms with Crippen LogP contribution in [0.2, 0.25) is 0 Å². The summed E-state index contributed by atoms with van der Waals surface area (Å²) in [6.07, 6.45) is 0.934. The molecule has 3 unspecified atom stereocenters. The lowest BCUT2D eigenvalue weighted by molar-refractivity contribution is -0.151. The fourth-order valence-corrected chi connectivity index (χ4v) is 3.38. The lowest BCUT2D eigenvalue weighted by Crippen LogP contribution is -2.43. The van der Waals surface area contributed by atoms with Crippen molar-refractivity contribution in [2.45, 2.75) is 31.0 Å². The van der Waals surface area contributed by atoms with Crippen LogP contribution in [0.15, 0.2) is 30.3 Å². The molecule has 0 bridgehead atoms. The first-order valence-electron chi connectivity index (χ1n) is 7.89. The van der Waals surface area contributed by atoms with E-state index in [-0.39, 0.29) is 37.4 Å². The topological polar surface area (TPSA) is 66.8 Å². The van der Waals surface area contributed by atoms with Crippen LogP contribution < -0.4 is 0 Å². The molecule has 6 heteroatoms. The van der Waals surface area contributed by atoms with E-state index in [4.69, 9.17) is 9.84 Å². The predicted molar refractivity (Wildman–Crippen MR) is 80.5 cm³/mol. The number of carboxylic acid groups (broad SMARTS) is 1. The van der Waals surface area contributed by atoms with Crippen LogP contribution in [0.1, 0.15) is 30.9 Å². The van der Waals surface area contributed by atoms with Gasteiger partial charge >= 0.3 is 5.97 Å². The average molecular weight is 321 g/mol. The number of benzene rings is 1. The summed E-state index contributed by atoms with van der Waals surface area (Å²) in [5, 5.41) is 8.97. The summed E-state index contributed by atoms with van der Waals surface area (Å²) < 4.78 is 20.0. The summed E-state index contributed by atoms with van der Waals surface area (Å²) in [6, 6.07) is 9.51. The highest BCUT2D eigenvalue weighted by Gasteiger charge is 2.48. The number of rotatable bonds is 3. The van der Waals surface area contributed by atoms with Crippen molar-refractivity contribution in [3.05, 3.63) is 35.9 Å². The van der Waals surface area contributed by atoms with Crippen molar-refractivity contribution in [1.82, 2.24) is 4.90 Å². The molecule has 2 aliphatic heterocycles. The lowest BCUT2D eigenvalue weighted by Gasteiger charge is -2.33. The van der Waals surface area contributed by atoms with Crippen LogP contribution in [0.4, 0.5) is 4.39 Å². The highest BCUT2D eigenvalue weighted by Crippen LogP contribution is 2.36. The Balaban J connectivity index is 1.76. The van der Waals surface area contributed by atoms with E-state index in [0.717, 1.165) is 12.0 Å². The molecule has 0 saturated carbocycles. The maximum atomic E-state index is 14.2. The van der Waals surface area contributed by atoms with Crippen LogP contribution in [-0.4, -0.2) is 47.2 Å². The number of hydrogen-bond donors (Lipinski definition) is 1. The highest BCUT2D eigenvalue weighted by atomic mass is 19.1. The SMILES string of the molecule is O=C(C1CCCOC1c1ccccc1)N1CCC(F)(C(=O)O)C1. The van der Waals surface area contributed by atoms with Crippen molar-refractivity contribution in [3.8, 4) is 0 Å². The molecular weight excluding hydrogens is 301 g/mol. The van der Waals surface area contributed by atoms with Crippen molar-refractivity contribution in [2.24, 2.45) is 5.92 Å². The minimum atomic E-state index is -2.33. The zero-order chi connectivity index (χ0) is 16.4. The van der Waals surface area contributed by atoms with Gasteiger partial charge in [0.05, 0.1) is 18.6 Å². The third-order valence-electron chi connectivity index (χ3n) is 4.68. The van der Waals surface area contributed by atoms with Crippen LogP contribution in [0, 0.1) is 5.92 Å². The van der Waals surface area contributed by atoms with Crippen LogP contribution >= 0.6 is 0 Å². The summed E-state index contributed by atoms with van der Waals surface area (Å²) in [5.41, 5.74) is -1.40. The summed E-state index contributed by atoms with van der Waals surface area (Å²) in [5.74, 6) is -2.09. The van der Waals surface area contributed by atoms with Crippen LogP contribution in [0.25, 0.3) is 0 Å². The van der Waals surface area contributed by atoms with E-state index in [0.29, 0.717) is 13.0 Å². The van der Waals surface area contributed by atoms with Gasteiger partial charge in [-0.25, -0.2) is 9.18 Å². The highest BCUT2D eigenvalue weighted by molar-refractivity contribution is 5.84. The standard InChI is InChI=1S/C17H20FNO4/c18-17(16(21)22)8-9-19(11-17)15(20)13-7-4-10-23-14(13)12-5-2-1-3-6-12/h1-3,5-6,13-14H,4,7-11H2,(H,21,22). The first-order chi connectivity index (χ1) is 11.0. The molecule has 1 aromatic carbocycles. The largest absolute Gasteiger partial charge is 0.479 e. The Kier molecular flexibility index (Phi) is 4.35. The van der Waals surface area contributed by atoms with E-state index in [1.54, 1.807) is 0 Å². The number of halogens is 1. The van der Waals surface area contributed by atoms with Crippen LogP contribution in [0.5, 0.6) is 0 Å². The van der Waals surface area contributed by atoms with Crippen LogP contribution in [-0.2, 0) is 14.3 Å². The second kappa shape index (κ2) is 6.28. The fraction of sp³-hybridized carbons (Fsp3) is 0.529. The Labute approximate surface area is 134 Å². The van der Waals surface area contributed by atoms with Gasteiger partial charge in [0.1, 0.15) is 0 Å². The van der Waals surface area contributed by atoms with Gasteiger partial charge in [-0.2, -0.15) is 0 Å². The summed E-state index contributed by atoms with van der Waals surface area (Å²) in [4.78, 5) is 25.1. The molecule has 0 aliphatic carbocycles. The normalized spacial score (nSPS) is 31.1. The minimum Gasteiger partial charge on any atom is -0.479 e. The molecule has 2 aliphatic rings. The van der Waals surface area contributed by atoms with Gasteiger partial charge in [-0.05, 0) is 18.4 Å². The zero-order valence-corrected chi connectivity index (χ0v) is 12.8. The number of carbonyl (C=O) groups is 2. The number of aliphatic carboxylic acids is 1. The molecule has 5 nitrogen and oxygen atoms in total. The number of ether oxygens (including phenoxy) is 1. The average Bonchev–Trinajstić information content (AvgIpc) is 2.99. The van der Waals surface area contributed by atoms with Gasteiger partial charge in [-0.1, -0.05) is 30.3 Å². The third-order valence-corrected chi connectivity index (χ3v) is 4.68. The molecule has 0 aromatic heterocycles. The molecule has 2 heterocycles. The van der Waals surface area contributed by atoms with Crippen molar-refractivity contribution >= 4 is 11.9 Å². The number of carbonyl (C=O) groups excluding carboxylic acids is 1. The number of likely N-dealkylation sites (tertiary alicyclic amines) is 1. The van der Waals surface area contributed by atoms with Gasteiger partial charge in [-0.15, -0.1) is 0 Å². The number of carboxylic acids is 1. The van der Waals surface area contributed by atoms with Gasteiger partial charge in [0.2, 0.25) is 11.6 Å². The molecule has 1 aromatic rings. The summed E-state index contributed by atoms with van der Waals surface area (Å²) in [6.45, 7) is 0.352. The quantitative estimate of drug-likeness (QED) is 0.926. The second-order valence-electron chi connectivity index (χ2n) is 6.23. The Morgan fingerprint density at radius 1 is 1.30 bits per heavy atom. The molecular formula is C17H20FNO4. The Bertz CT molecular complexity index is 594. The van der Waals surface area contributed by atoms with Gasteiger partial charge in [-0.3, -0.25) is 4.79 Å². The van der Waals surface area contributed by atoms with E-state index in [2.05, 4.69) is 0 Å². The maximum Gasteiger partial charge on any atom is 0.343 e. The predicted octanol–water partition coefficient (Wildman–Crippen LogP) is 2.18. The molecule has 0 radical (unpaired) electrons. The van der Waals surface area contributed by atoms with Gasteiger partial charge in [0, 0.05) is 19.6 Å². The first kappa shape index (κ1) is 15.9. The molecule has 3 atom stereocenters. The first-order valence-corrected chi connectivity index (χ1v) is 7.89. The molecule has 124 valence electrons. The zero-order valence-electron chi connectivity index (χ0n) is 12.8. The molecule has 1 N–H and O–H groups in total. The second-order valence-corrected chi connectivity index (χ2v) is 6.23. The van der Waals surface area contributed by atoms with E-state index in [1.165, 1.54) is 4.90 Å². The van der Waals surface area contributed by atoms with E-state index in [9.17, 15) is 14.0 Å². The van der Waals surface area contributed by atoms with E-state index >= 15 is 0 Å². The van der Waals surface area contributed by atoms with Gasteiger partial charge in [0.15, 0.2) is 0 Å². The van der Waals surface area contributed by atoms with E-state index < -0.39 is 11.6 Å². The Morgan fingerprint density at radius 3 is 2.70 bits per heavy atom. The van der Waals surface area contributed by atoms with Crippen molar-refractivity contribution in [1.29, 1.82) is 0 Å². The smallest absolute Gasteiger partial charge is 0.343 e. The van der Waals surface area contributed by atoms with Gasteiger partial charge in [0.25, 0.3) is 0 Å². The summed E-state index contributed by atoms with van der Waals surface area (Å²) >= 11 is 0. The molecule has 3 rings (SSSR count). The third kappa shape index (κ3) is 3.08. The maximum absolute atomic E-state index is 14.2. The Morgan fingerprint density at radius 2 is 2.04 bits per heavy atom. The number of nitrogens with zero attached hydrogens (tertiary/aromatic N) is 1. The molecule has 0 spiro atoms. The molecule has 23 heavy (non-hydrogen) atoms. The molecule has 2 fully saturated rings.